The average molecular weight is 590 g/mol. The number of sulfonamides is 1. The highest BCUT2D eigenvalue weighted by Gasteiger charge is 2.58. The highest BCUT2D eigenvalue weighted by Crippen LogP contribution is 2.53. The number of benzene rings is 2. The zero-order valence-electron chi connectivity index (χ0n) is 21.2. The number of anilines is 2. The van der Waals surface area contributed by atoms with Gasteiger partial charge in [-0.05, 0) is 65.1 Å². The van der Waals surface area contributed by atoms with Crippen molar-refractivity contribution in [1.29, 1.82) is 0 Å². The Hall–Kier alpha value is -2.50. The van der Waals surface area contributed by atoms with Crippen LogP contribution in [0, 0.1) is 23.6 Å². The summed E-state index contributed by atoms with van der Waals surface area (Å²) in [5, 5.41) is 2.42. The Kier molecular flexibility index (Phi) is 7.41. The highest BCUT2D eigenvalue weighted by atomic mass is 35.5. The van der Waals surface area contributed by atoms with Gasteiger partial charge in [0.1, 0.15) is 5.82 Å². The maximum atomic E-state index is 15.3. The maximum absolute atomic E-state index is 15.3. The molecule has 206 valence electrons. The van der Waals surface area contributed by atoms with Gasteiger partial charge in [-0.15, -0.1) is 11.3 Å². The number of carbonyl (C=O) groups is 1. The van der Waals surface area contributed by atoms with Gasteiger partial charge in [0.2, 0.25) is 10.0 Å². The second kappa shape index (κ2) is 10.8. The fourth-order valence-electron chi connectivity index (χ4n) is 5.77. The summed E-state index contributed by atoms with van der Waals surface area (Å²) < 4.78 is 48.3. The zero-order chi connectivity index (χ0) is 27.1. The lowest BCUT2D eigenvalue weighted by atomic mass is 10.2. The molecule has 2 aromatic carbocycles. The number of hydrogen-bond donors (Lipinski definition) is 0. The molecule has 3 heterocycles. The van der Waals surface area contributed by atoms with E-state index >= 15 is 4.39 Å². The zero-order valence-corrected chi connectivity index (χ0v) is 23.6. The van der Waals surface area contributed by atoms with E-state index in [1.165, 1.54) is 17.4 Å². The monoisotopic (exact) mass is 589 g/mol. The molecule has 1 aliphatic carbocycles. The van der Waals surface area contributed by atoms with Crippen molar-refractivity contribution in [2.45, 2.75) is 5.75 Å². The number of nitrogens with zero attached hydrogens (tertiary/aromatic N) is 3. The molecule has 0 spiro atoms. The van der Waals surface area contributed by atoms with Crippen LogP contribution in [0.2, 0.25) is 5.02 Å². The summed E-state index contributed by atoms with van der Waals surface area (Å²) in [6.45, 7) is 3.66. The first-order chi connectivity index (χ1) is 18.8. The van der Waals surface area contributed by atoms with Gasteiger partial charge >= 0.3 is 0 Å². The van der Waals surface area contributed by atoms with Crippen LogP contribution in [0.15, 0.2) is 60.0 Å². The van der Waals surface area contributed by atoms with Gasteiger partial charge in [0, 0.05) is 43.4 Å². The molecule has 0 bridgehead atoms. The van der Waals surface area contributed by atoms with Gasteiger partial charge in [0.15, 0.2) is 0 Å². The Morgan fingerprint density at radius 3 is 2.44 bits per heavy atom. The van der Waals surface area contributed by atoms with Crippen molar-refractivity contribution in [3.05, 3.63) is 81.3 Å². The number of rotatable bonds is 8. The van der Waals surface area contributed by atoms with Crippen LogP contribution in [0.4, 0.5) is 15.8 Å². The molecule has 0 N–H and O–H groups in total. The van der Waals surface area contributed by atoms with Crippen molar-refractivity contribution in [3.8, 4) is 0 Å². The number of morpholine rings is 1. The Morgan fingerprint density at radius 2 is 1.79 bits per heavy atom. The Bertz CT molecular complexity index is 1430. The van der Waals surface area contributed by atoms with Crippen molar-refractivity contribution in [2.24, 2.45) is 17.8 Å². The molecular weight excluding hydrogens is 561 g/mol. The molecule has 0 radical (unpaired) electrons. The van der Waals surface area contributed by atoms with E-state index in [1.54, 1.807) is 51.7 Å². The maximum Gasteiger partial charge on any atom is 0.268 e. The number of piperidine rings is 1. The molecule has 11 heteroatoms. The first kappa shape index (κ1) is 26.7. The molecule has 1 saturated carbocycles. The second-order valence-corrected chi connectivity index (χ2v) is 13.7. The Balaban J connectivity index is 1.16. The van der Waals surface area contributed by atoms with E-state index < -0.39 is 10.0 Å². The lowest BCUT2D eigenvalue weighted by molar-refractivity contribution is 0.0988. The van der Waals surface area contributed by atoms with Crippen molar-refractivity contribution < 1.29 is 22.3 Å². The molecular formula is C28H29ClFN3O4S2. The van der Waals surface area contributed by atoms with E-state index in [0.717, 1.165) is 0 Å². The number of hydrogen-bond acceptors (Lipinski definition) is 6. The molecule has 1 aromatic heterocycles. The molecule has 2 aliphatic heterocycles. The molecule has 3 aromatic rings. The molecule has 1 amide bonds. The smallest absolute Gasteiger partial charge is 0.268 e. The third-order valence-corrected chi connectivity index (χ3v) is 10.9. The van der Waals surface area contributed by atoms with E-state index in [2.05, 4.69) is 0 Å². The number of halogens is 2. The molecule has 2 unspecified atom stereocenters. The van der Waals surface area contributed by atoms with Gasteiger partial charge in [0.25, 0.3) is 5.91 Å². The number of fused-ring (bicyclic) bond motifs is 1. The number of thiophene rings is 1. The number of ether oxygens (including phenoxy) is 1. The minimum atomic E-state index is -3.46. The van der Waals surface area contributed by atoms with Crippen LogP contribution in [0.5, 0.6) is 0 Å². The van der Waals surface area contributed by atoms with Crippen molar-refractivity contribution in [2.75, 3.05) is 55.7 Å². The summed E-state index contributed by atoms with van der Waals surface area (Å²) in [6, 6.07) is 15.4. The predicted molar refractivity (Wildman–Crippen MR) is 152 cm³/mol. The Morgan fingerprint density at radius 1 is 1.08 bits per heavy atom. The normalized spacial score (nSPS) is 23.0. The van der Waals surface area contributed by atoms with Gasteiger partial charge < -0.3 is 14.5 Å². The standard InChI is InChI=1S/C28H29ClFN3O4S2/c29-20-5-3-19(4-6-20)18-39(35,36)32-15-22-23(16-32)24(22)17-33(28(34)27-2-1-13-38-27)21-7-8-26(25(30)14-21)31-9-11-37-12-10-31/h1-8,13-14,22-24H,9-12,15-18H2. The molecule has 6 rings (SSSR count). The number of amides is 1. The number of carbonyl (C=O) groups excluding carboxylic acids is 1. The summed E-state index contributed by atoms with van der Waals surface area (Å²) in [4.78, 5) is 17.7. The largest absolute Gasteiger partial charge is 0.378 e. The summed E-state index contributed by atoms with van der Waals surface area (Å²) in [7, 11) is -3.46. The van der Waals surface area contributed by atoms with Gasteiger partial charge in [0.05, 0.1) is 29.5 Å². The van der Waals surface area contributed by atoms with Crippen LogP contribution < -0.4 is 9.80 Å². The van der Waals surface area contributed by atoms with Gasteiger partial charge in [-0.2, -0.15) is 0 Å². The van der Waals surface area contributed by atoms with Gasteiger partial charge in [-0.1, -0.05) is 29.8 Å². The van der Waals surface area contributed by atoms with Crippen LogP contribution >= 0.6 is 22.9 Å². The minimum Gasteiger partial charge on any atom is -0.378 e. The van der Waals surface area contributed by atoms with E-state index in [9.17, 15) is 13.2 Å². The van der Waals surface area contributed by atoms with E-state index in [4.69, 9.17) is 16.3 Å². The topological polar surface area (TPSA) is 70.2 Å². The third kappa shape index (κ3) is 5.58. The van der Waals surface area contributed by atoms with Crippen LogP contribution in [-0.4, -0.2) is 64.6 Å². The summed E-state index contributed by atoms with van der Waals surface area (Å²) in [6.07, 6.45) is 0. The molecule has 39 heavy (non-hydrogen) atoms. The van der Waals surface area contributed by atoms with Crippen LogP contribution in [0.3, 0.4) is 0 Å². The molecule has 3 fully saturated rings. The summed E-state index contributed by atoms with van der Waals surface area (Å²) in [5.74, 6) is -0.0684. The fraction of sp³-hybridized carbons (Fsp3) is 0.393. The SMILES string of the molecule is O=C(c1cccs1)N(CC1C2CN(S(=O)(=O)Cc3ccc(Cl)cc3)CC12)c1ccc(N2CCOCC2)c(F)c1. The fourth-order valence-corrected chi connectivity index (χ4v) is 8.16. The molecule has 2 atom stereocenters. The lowest BCUT2D eigenvalue weighted by Gasteiger charge is -2.30. The van der Waals surface area contributed by atoms with Crippen molar-refractivity contribution in [1.82, 2.24) is 4.31 Å². The second-order valence-electron chi connectivity index (χ2n) is 10.3. The van der Waals surface area contributed by atoms with E-state index in [1.807, 2.05) is 16.3 Å². The summed E-state index contributed by atoms with van der Waals surface area (Å²) in [5.41, 5.74) is 1.72. The minimum absolute atomic E-state index is 0.0635. The quantitative estimate of drug-likeness (QED) is 0.380. The highest BCUT2D eigenvalue weighted by molar-refractivity contribution is 7.88. The lowest BCUT2D eigenvalue weighted by Crippen LogP contribution is -2.38. The van der Waals surface area contributed by atoms with E-state index in [0.29, 0.717) is 72.8 Å². The van der Waals surface area contributed by atoms with Crippen LogP contribution in [-0.2, 0) is 20.5 Å². The van der Waals surface area contributed by atoms with Gasteiger partial charge in [-0.25, -0.2) is 17.1 Å². The van der Waals surface area contributed by atoms with Crippen LogP contribution in [0.25, 0.3) is 0 Å². The predicted octanol–water partition coefficient (Wildman–Crippen LogP) is 4.73. The summed E-state index contributed by atoms with van der Waals surface area (Å²) >= 11 is 7.28. The van der Waals surface area contributed by atoms with Crippen LogP contribution in [0.1, 0.15) is 15.2 Å². The molecule has 7 nitrogen and oxygen atoms in total. The van der Waals surface area contributed by atoms with Crippen molar-refractivity contribution in [3.63, 3.8) is 0 Å². The van der Waals surface area contributed by atoms with Crippen molar-refractivity contribution >= 4 is 50.2 Å². The first-order valence-corrected chi connectivity index (χ1v) is 15.9. The first-order valence-electron chi connectivity index (χ1n) is 13.0. The molecule has 3 aliphatic rings. The molecule has 2 saturated heterocycles. The third-order valence-electron chi connectivity index (χ3n) is 7.96. The average Bonchev–Trinajstić information content (AvgIpc) is 3.32. The van der Waals surface area contributed by atoms with E-state index in [-0.39, 0.29) is 35.2 Å². The van der Waals surface area contributed by atoms with Gasteiger partial charge in [-0.3, -0.25) is 4.79 Å². The Labute approximate surface area is 236 Å².